The van der Waals surface area contributed by atoms with E-state index in [-0.39, 0.29) is 0 Å². The molecule has 3 nitrogen and oxygen atoms in total. The van der Waals surface area contributed by atoms with E-state index >= 15 is 0 Å². The van der Waals surface area contributed by atoms with Gasteiger partial charge in [-0.3, -0.25) is 0 Å². The van der Waals surface area contributed by atoms with Gasteiger partial charge in [0.2, 0.25) is 0 Å². The van der Waals surface area contributed by atoms with Crippen LogP contribution in [-0.2, 0) is 0 Å². The van der Waals surface area contributed by atoms with Gasteiger partial charge in [-0.15, -0.1) is 0 Å². The lowest BCUT2D eigenvalue weighted by Gasteiger charge is -2.22. The molecule has 0 aromatic carbocycles. The molecule has 3 N–H and O–H groups in total. The van der Waals surface area contributed by atoms with Crippen LogP contribution in [0, 0.1) is 0 Å². The Morgan fingerprint density at radius 3 is 3.00 bits per heavy atom. The molecule has 0 aromatic rings. The number of hydrogen-bond acceptors (Lipinski definition) is 3. The number of nitrogens with zero attached hydrogens (tertiary/aromatic N) is 1. The van der Waals surface area contributed by atoms with Crippen molar-refractivity contribution >= 4 is 0 Å². The second-order valence-electron chi connectivity index (χ2n) is 3.57. The highest BCUT2D eigenvalue weighted by Gasteiger charge is 2.10. The van der Waals surface area contributed by atoms with Gasteiger partial charge in [0.15, 0.2) is 0 Å². The van der Waals surface area contributed by atoms with Crippen LogP contribution < -0.4 is 11.1 Å². The van der Waals surface area contributed by atoms with Crippen molar-refractivity contribution in [3.63, 3.8) is 0 Å². The van der Waals surface area contributed by atoms with Crippen LogP contribution in [0.1, 0.15) is 19.8 Å². The Bertz CT molecular complexity index is 108. The number of nitrogens with one attached hydrogen (secondary N) is 1. The van der Waals surface area contributed by atoms with Crippen molar-refractivity contribution in [3.05, 3.63) is 0 Å². The maximum absolute atomic E-state index is 5.89. The molecule has 0 aliphatic carbocycles. The summed E-state index contributed by atoms with van der Waals surface area (Å²) < 4.78 is 0. The zero-order valence-corrected chi connectivity index (χ0v) is 8.05. The first-order valence-corrected chi connectivity index (χ1v) is 5.01. The van der Waals surface area contributed by atoms with Gasteiger partial charge < -0.3 is 16.0 Å². The standard InChI is InChI=1S/C9H21N3/c1-2-9(10)8-12-6-3-4-11-5-7-12/h9,11H,2-8,10H2,1H3. The molecule has 0 amide bonds. The fourth-order valence-electron chi connectivity index (χ4n) is 1.54. The molecule has 1 fully saturated rings. The van der Waals surface area contributed by atoms with E-state index in [4.69, 9.17) is 5.73 Å². The molecule has 1 rings (SSSR count). The van der Waals surface area contributed by atoms with E-state index in [0.29, 0.717) is 6.04 Å². The molecule has 0 aromatic heterocycles. The van der Waals surface area contributed by atoms with E-state index in [1.54, 1.807) is 0 Å². The van der Waals surface area contributed by atoms with Crippen molar-refractivity contribution in [2.24, 2.45) is 5.73 Å². The highest BCUT2D eigenvalue weighted by Crippen LogP contribution is 1.97. The summed E-state index contributed by atoms with van der Waals surface area (Å²) in [7, 11) is 0. The van der Waals surface area contributed by atoms with E-state index < -0.39 is 0 Å². The van der Waals surface area contributed by atoms with Gasteiger partial charge >= 0.3 is 0 Å². The monoisotopic (exact) mass is 171 g/mol. The minimum atomic E-state index is 0.364. The fourth-order valence-corrected chi connectivity index (χ4v) is 1.54. The summed E-state index contributed by atoms with van der Waals surface area (Å²) in [6, 6.07) is 0.364. The van der Waals surface area contributed by atoms with Gasteiger partial charge in [0.1, 0.15) is 0 Å². The quantitative estimate of drug-likeness (QED) is 0.629. The van der Waals surface area contributed by atoms with Crippen LogP contribution >= 0.6 is 0 Å². The number of hydrogen-bond donors (Lipinski definition) is 2. The predicted octanol–water partition coefficient (Wildman–Crippen LogP) is 0.0190. The zero-order valence-electron chi connectivity index (χ0n) is 8.05. The minimum Gasteiger partial charge on any atom is -0.327 e. The Kier molecular flexibility index (Phi) is 4.58. The first-order chi connectivity index (χ1) is 5.83. The Morgan fingerprint density at radius 1 is 1.42 bits per heavy atom. The van der Waals surface area contributed by atoms with Crippen LogP contribution in [0.2, 0.25) is 0 Å². The molecule has 1 heterocycles. The van der Waals surface area contributed by atoms with E-state index in [2.05, 4.69) is 17.1 Å². The van der Waals surface area contributed by atoms with Crippen molar-refractivity contribution < 1.29 is 0 Å². The molecule has 1 aliphatic heterocycles. The van der Waals surface area contributed by atoms with Gasteiger partial charge in [0, 0.05) is 25.7 Å². The van der Waals surface area contributed by atoms with Crippen LogP contribution in [0.4, 0.5) is 0 Å². The minimum absolute atomic E-state index is 0.364. The first kappa shape index (κ1) is 9.96. The van der Waals surface area contributed by atoms with Gasteiger partial charge in [0.05, 0.1) is 0 Å². The number of nitrogens with two attached hydrogens (primary N) is 1. The predicted molar refractivity (Wildman–Crippen MR) is 52.2 cm³/mol. The molecule has 0 saturated carbocycles. The Morgan fingerprint density at radius 2 is 2.25 bits per heavy atom. The van der Waals surface area contributed by atoms with Gasteiger partial charge in [0.25, 0.3) is 0 Å². The highest BCUT2D eigenvalue weighted by molar-refractivity contribution is 4.70. The molecule has 1 unspecified atom stereocenters. The average Bonchev–Trinajstić information content (AvgIpc) is 2.33. The summed E-state index contributed by atoms with van der Waals surface area (Å²) in [6.45, 7) is 7.88. The largest absolute Gasteiger partial charge is 0.327 e. The molecule has 1 atom stereocenters. The van der Waals surface area contributed by atoms with E-state index in [0.717, 1.165) is 32.6 Å². The third-order valence-electron chi connectivity index (χ3n) is 2.45. The molecule has 12 heavy (non-hydrogen) atoms. The summed E-state index contributed by atoms with van der Waals surface area (Å²) in [6.07, 6.45) is 2.35. The van der Waals surface area contributed by atoms with Gasteiger partial charge in [-0.25, -0.2) is 0 Å². The molecule has 0 radical (unpaired) electrons. The second-order valence-corrected chi connectivity index (χ2v) is 3.57. The second kappa shape index (κ2) is 5.51. The van der Waals surface area contributed by atoms with Crippen LogP contribution in [-0.4, -0.2) is 43.7 Å². The number of rotatable bonds is 3. The van der Waals surface area contributed by atoms with Crippen molar-refractivity contribution in [1.82, 2.24) is 10.2 Å². The summed E-state index contributed by atoms with van der Waals surface area (Å²) in [4.78, 5) is 2.47. The van der Waals surface area contributed by atoms with Crippen LogP contribution in [0.3, 0.4) is 0 Å². The Balaban J connectivity index is 2.20. The smallest absolute Gasteiger partial charge is 0.0165 e. The molecule has 0 bridgehead atoms. The Labute approximate surface area is 75.3 Å². The fraction of sp³-hybridized carbons (Fsp3) is 1.00. The summed E-state index contributed by atoms with van der Waals surface area (Å²) >= 11 is 0. The summed E-state index contributed by atoms with van der Waals surface area (Å²) in [5.41, 5.74) is 5.89. The van der Waals surface area contributed by atoms with E-state index in [1.807, 2.05) is 0 Å². The molecule has 1 saturated heterocycles. The third-order valence-corrected chi connectivity index (χ3v) is 2.45. The lowest BCUT2D eigenvalue weighted by atomic mass is 10.2. The van der Waals surface area contributed by atoms with Crippen molar-refractivity contribution in [2.45, 2.75) is 25.8 Å². The van der Waals surface area contributed by atoms with Crippen LogP contribution in [0.15, 0.2) is 0 Å². The SMILES string of the molecule is CCC(N)CN1CCCNCC1. The lowest BCUT2D eigenvalue weighted by Crippen LogP contribution is -2.38. The van der Waals surface area contributed by atoms with Gasteiger partial charge in [-0.2, -0.15) is 0 Å². The van der Waals surface area contributed by atoms with E-state index in [9.17, 15) is 0 Å². The molecule has 1 aliphatic rings. The van der Waals surface area contributed by atoms with Gasteiger partial charge in [-0.05, 0) is 25.9 Å². The van der Waals surface area contributed by atoms with Crippen LogP contribution in [0.5, 0.6) is 0 Å². The maximum Gasteiger partial charge on any atom is 0.0165 e. The summed E-state index contributed by atoms with van der Waals surface area (Å²) in [5, 5.41) is 3.39. The van der Waals surface area contributed by atoms with Crippen molar-refractivity contribution in [3.8, 4) is 0 Å². The molecule has 0 spiro atoms. The zero-order chi connectivity index (χ0) is 8.81. The molecular weight excluding hydrogens is 150 g/mol. The molecule has 3 heteroatoms. The maximum atomic E-state index is 5.89. The molecular formula is C9H21N3. The lowest BCUT2D eigenvalue weighted by molar-refractivity contribution is 0.271. The molecule has 72 valence electrons. The van der Waals surface area contributed by atoms with E-state index in [1.165, 1.54) is 13.0 Å². The van der Waals surface area contributed by atoms with Crippen LogP contribution in [0.25, 0.3) is 0 Å². The first-order valence-electron chi connectivity index (χ1n) is 5.01. The normalized spacial score (nSPS) is 23.5. The van der Waals surface area contributed by atoms with Crippen molar-refractivity contribution in [2.75, 3.05) is 32.7 Å². The van der Waals surface area contributed by atoms with Crippen molar-refractivity contribution in [1.29, 1.82) is 0 Å². The average molecular weight is 171 g/mol. The summed E-state index contributed by atoms with van der Waals surface area (Å²) in [5.74, 6) is 0. The third kappa shape index (κ3) is 3.52. The Hall–Kier alpha value is -0.120. The topological polar surface area (TPSA) is 41.3 Å². The highest BCUT2D eigenvalue weighted by atomic mass is 15.2. The van der Waals surface area contributed by atoms with Gasteiger partial charge in [-0.1, -0.05) is 6.92 Å².